The third-order valence-electron chi connectivity index (χ3n) is 3.31. The highest BCUT2D eigenvalue weighted by Gasteiger charge is 2.11. The minimum atomic E-state index is 0.0620. The second kappa shape index (κ2) is 7.20. The molecule has 0 spiro atoms. The summed E-state index contributed by atoms with van der Waals surface area (Å²) in [5.74, 6) is 0. The van der Waals surface area contributed by atoms with Gasteiger partial charge in [0.25, 0.3) is 0 Å². The first-order chi connectivity index (χ1) is 11.0. The minimum Gasteiger partial charge on any atom is -0.378 e. The van der Waals surface area contributed by atoms with Crippen LogP contribution in [0.2, 0.25) is 0 Å². The zero-order chi connectivity index (χ0) is 16.8. The van der Waals surface area contributed by atoms with Gasteiger partial charge in [0, 0.05) is 37.6 Å². The van der Waals surface area contributed by atoms with Gasteiger partial charge in [0.1, 0.15) is 12.1 Å². The molecule has 1 aromatic rings. The van der Waals surface area contributed by atoms with E-state index in [4.69, 9.17) is 10.5 Å². The third-order valence-corrected chi connectivity index (χ3v) is 3.31. The van der Waals surface area contributed by atoms with Crippen LogP contribution in [-0.2, 0) is 0 Å². The molecule has 0 aromatic heterocycles. The van der Waals surface area contributed by atoms with Crippen molar-refractivity contribution in [2.75, 3.05) is 19.0 Å². The van der Waals surface area contributed by atoms with Gasteiger partial charge in [-0.15, -0.1) is 0 Å². The summed E-state index contributed by atoms with van der Waals surface area (Å²) in [5.41, 5.74) is 3.78. The van der Waals surface area contributed by atoms with E-state index in [0.717, 1.165) is 17.0 Å². The largest absolute Gasteiger partial charge is 0.378 e. The van der Waals surface area contributed by atoms with Crippen molar-refractivity contribution in [1.82, 2.24) is 0 Å². The molecule has 1 heterocycles. The van der Waals surface area contributed by atoms with Gasteiger partial charge in [-0.1, -0.05) is 18.2 Å². The summed E-state index contributed by atoms with van der Waals surface area (Å²) in [6.07, 6.45) is 4.32. The molecule has 2 rings (SSSR count). The Balaban J connectivity index is 2.27. The average molecular weight is 303 g/mol. The highest BCUT2D eigenvalue weighted by Crippen LogP contribution is 2.16. The van der Waals surface area contributed by atoms with Crippen LogP contribution in [0.25, 0.3) is 6.08 Å². The zero-order valence-electron chi connectivity index (χ0n) is 13.4. The van der Waals surface area contributed by atoms with Gasteiger partial charge in [-0.3, -0.25) is 0 Å². The average Bonchev–Trinajstić information content (AvgIpc) is 2.71. The molecule has 1 aliphatic rings. The molecule has 114 valence electrons. The van der Waals surface area contributed by atoms with Gasteiger partial charge in [0.15, 0.2) is 11.4 Å². The lowest BCUT2D eigenvalue weighted by atomic mass is 10.1. The summed E-state index contributed by atoms with van der Waals surface area (Å²) >= 11 is 0. The van der Waals surface area contributed by atoms with Crippen molar-refractivity contribution in [2.24, 2.45) is 9.98 Å². The molecule has 1 aliphatic heterocycles. The second-order valence-electron chi connectivity index (χ2n) is 5.37. The molecule has 0 fully saturated rings. The summed E-state index contributed by atoms with van der Waals surface area (Å²) in [4.78, 5) is 10.4. The van der Waals surface area contributed by atoms with Crippen LogP contribution in [0, 0.1) is 22.7 Å². The topological polar surface area (TPSA) is 75.5 Å². The molecule has 5 heteroatoms. The van der Waals surface area contributed by atoms with Gasteiger partial charge in [-0.25, -0.2) is 9.98 Å². The van der Waals surface area contributed by atoms with Gasteiger partial charge in [-0.2, -0.15) is 10.5 Å². The van der Waals surface area contributed by atoms with E-state index in [-0.39, 0.29) is 11.4 Å². The lowest BCUT2D eigenvalue weighted by molar-refractivity contribution is 1.13. The number of allylic oxidation sites excluding steroid dienone is 3. The fraction of sp³-hybridized carbons (Fsp3) is 0.222. The number of nitriles is 2. The molecule has 1 aromatic carbocycles. The number of benzene rings is 1. The normalized spacial score (nSPS) is 14.7. The quantitative estimate of drug-likeness (QED) is 0.859. The van der Waals surface area contributed by atoms with Gasteiger partial charge >= 0.3 is 0 Å². The van der Waals surface area contributed by atoms with Gasteiger partial charge in [-0.05, 0) is 30.7 Å². The number of rotatable bonds is 3. The van der Waals surface area contributed by atoms with E-state index in [2.05, 4.69) is 9.98 Å². The van der Waals surface area contributed by atoms with Crippen LogP contribution in [0.4, 0.5) is 5.69 Å². The molecular formula is C18H17N5. The zero-order valence-corrected chi connectivity index (χ0v) is 13.4. The lowest BCUT2D eigenvalue weighted by Crippen LogP contribution is -2.07. The predicted octanol–water partition coefficient (Wildman–Crippen LogP) is 3.33. The summed E-state index contributed by atoms with van der Waals surface area (Å²) in [5, 5.41) is 18.2. The predicted molar refractivity (Wildman–Crippen MR) is 93.2 cm³/mol. The second-order valence-corrected chi connectivity index (χ2v) is 5.37. The molecule has 0 aliphatic carbocycles. The molecule has 0 amide bonds. The first-order valence-corrected chi connectivity index (χ1v) is 7.15. The van der Waals surface area contributed by atoms with E-state index in [1.807, 2.05) is 74.5 Å². The maximum atomic E-state index is 9.13. The number of anilines is 1. The van der Waals surface area contributed by atoms with Crippen molar-refractivity contribution in [1.29, 1.82) is 10.5 Å². The molecule has 0 bridgehead atoms. The van der Waals surface area contributed by atoms with Crippen molar-refractivity contribution in [3.8, 4) is 12.1 Å². The molecular weight excluding hydrogens is 286 g/mol. The summed E-state index contributed by atoms with van der Waals surface area (Å²) in [7, 11) is 3.99. The number of aliphatic imine (C=N–C) groups is 2. The van der Waals surface area contributed by atoms with Crippen LogP contribution in [-0.4, -0.2) is 25.5 Å². The molecule has 0 unspecified atom stereocenters. The SMILES string of the molecule is CC1=NC(C#N)=C(C#N)N=C(C=Cc2ccc(N(C)C)cc2)C1. The Morgan fingerprint density at radius 1 is 1.00 bits per heavy atom. The van der Waals surface area contributed by atoms with Crippen LogP contribution in [0.3, 0.4) is 0 Å². The monoisotopic (exact) mass is 303 g/mol. The van der Waals surface area contributed by atoms with Crippen molar-refractivity contribution in [3.63, 3.8) is 0 Å². The Morgan fingerprint density at radius 2 is 1.61 bits per heavy atom. The number of nitrogens with zero attached hydrogens (tertiary/aromatic N) is 5. The van der Waals surface area contributed by atoms with E-state index < -0.39 is 0 Å². The molecule has 0 saturated heterocycles. The molecule has 0 saturated carbocycles. The number of hydrogen-bond acceptors (Lipinski definition) is 5. The van der Waals surface area contributed by atoms with Crippen LogP contribution >= 0.6 is 0 Å². The van der Waals surface area contributed by atoms with Crippen LogP contribution in [0.5, 0.6) is 0 Å². The minimum absolute atomic E-state index is 0.0620. The molecule has 0 atom stereocenters. The van der Waals surface area contributed by atoms with Gasteiger partial charge in [0.05, 0.1) is 0 Å². The summed E-state index contributed by atoms with van der Waals surface area (Å²) in [6.45, 7) is 1.83. The van der Waals surface area contributed by atoms with Crippen LogP contribution in [0.1, 0.15) is 18.9 Å². The molecule has 0 radical (unpaired) electrons. The number of hydrogen-bond donors (Lipinski definition) is 0. The Kier molecular flexibility index (Phi) is 5.07. The Morgan fingerprint density at radius 3 is 2.17 bits per heavy atom. The molecule has 23 heavy (non-hydrogen) atoms. The van der Waals surface area contributed by atoms with Gasteiger partial charge in [0.2, 0.25) is 0 Å². The van der Waals surface area contributed by atoms with E-state index in [0.29, 0.717) is 12.1 Å². The molecule has 0 N–H and O–H groups in total. The van der Waals surface area contributed by atoms with E-state index in [9.17, 15) is 0 Å². The highest BCUT2D eigenvalue weighted by atomic mass is 15.1. The Labute approximate surface area is 136 Å². The van der Waals surface area contributed by atoms with E-state index >= 15 is 0 Å². The van der Waals surface area contributed by atoms with Crippen molar-refractivity contribution < 1.29 is 0 Å². The maximum absolute atomic E-state index is 9.13. The fourth-order valence-electron chi connectivity index (χ4n) is 2.11. The van der Waals surface area contributed by atoms with Crippen molar-refractivity contribution in [3.05, 3.63) is 47.3 Å². The maximum Gasteiger partial charge on any atom is 0.177 e. The Hall–Kier alpha value is -3.18. The van der Waals surface area contributed by atoms with Crippen LogP contribution in [0.15, 0.2) is 51.7 Å². The third kappa shape index (κ3) is 4.15. The van der Waals surface area contributed by atoms with E-state index in [1.165, 1.54) is 0 Å². The van der Waals surface area contributed by atoms with Crippen LogP contribution < -0.4 is 4.90 Å². The smallest absolute Gasteiger partial charge is 0.177 e. The van der Waals surface area contributed by atoms with Gasteiger partial charge < -0.3 is 4.90 Å². The highest BCUT2D eigenvalue weighted by molar-refractivity contribution is 6.11. The Bertz CT molecular complexity index is 793. The summed E-state index contributed by atoms with van der Waals surface area (Å²) in [6, 6.07) is 12.0. The fourth-order valence-corrected chi connectivity index (χ4v) is 2.11. The first kappa shape index (κ1) is 16.2. The lowest BCUT2D eigenvalue weighted by Gasteiger charge is -2.11. The summed E-state index contributed by atoms with van der Waals surface area (Å²) < 4.78 is 0. The molecule has 5 nitrogen and oxygen atoms in total. The van der Waals surface area contributed by atoms with Crippen molar-refractivity contribution in [2.45, 2.75) is 13.3 Å². The van der Waals surface area contributed by atoms with E-state index in [1.54, 1.807) is 0 Å². The standard InChI is InChI=1S/C18H17N5/c1-13-10-15(22-18(12-20)17(11-19)21-13)7-4-14-5-8-16(9-6-14)23(2)3/h4-9H,10H2,1-3H3. The van der Waals surface area contributed by atoms with Crippen molar-refractivity contribution >= 4 is 23.2 Å². The first-order valence-electron chi connectivity index (χ1n) is 7.15.